The van der Waals surface area contributed by atoms with Crippen molar-refractivity contribution in [2.75, 3.05) is 12.3 Å². The predicted molar refractivity (Wildman–Crippen MR) is 123 cm³/mol. The summed E-state index contributed by atoms with van der Waals surface area (Å²) in [6, 6.07) is -1.36. The average Bonchev–Trinajstić information content (AvgIpc) is 2.63. The standard InChI is InChI=1S/C22H41N3O4S/c1-8-23-17(10-14(4)5)21(28)25-22(29)18(11-15(6)7)24-20(27)16(9-13(2)3)19(26)12-30/h13-18,23,30H,8-12H2,1-7H3,(H,24,27)(H,25,28,29)/t16?,17?,18-/m0/s1. The molecule has 0 aromatic rings. The molecular weight excluding hydrogens is 402 g/mol. The van der Waals surface area contributed by atoms with Gasteiger partial charge in [-0.05, 0) is 43.6 Å². The van der Waals surface area contributed by atoms with Crippen LogP contribution in [0.5, 0.6) is 0 Å². The normalized spacial score (nSPS) is 14.5. The zero-order valence-electron chi connectivity index (χ0n) is 19.6. The molecule has 0 saturated carbocycles. The Morgan fingerprint density at radius 2 is 1.20 bits per heavy atom. The molecule has 0 saturated heterocycles. The van der Waals surface area contributed by atoms with Crippen molar-refractivity contribution in [3.8, 4) is 0 Å². The van der Waals surface area contributed by atoms with Crippen LogP contribution < -0.4 is 16.0 Å². The fourth-order valence-electron chi connectivity index (χ4n) is 3.24. The van der Waals surface area contributed by atoms with Gasteiger partial charge in [0.1, 0.15) is 6.04 Å². The highest BCUT2D eigenvalue weighted by Crippen LogP contribution is 2.15. The molecule has 0 radical (unpaired) electrons. The number of likely N-dealkylation sites (N-methyl/N-ethyl adjacent to an activating group) is 1. The van der Waals surface area contributed by atoms with Gasteiger partial charge in [-0.15, -0.1) is 0 Å². The van der Waals surface area contributed by atoms with E-state index in [0.717, 1.165) is 0 Å². The van der Waals surface area contributed by atoms with Crippen molar-refractivity contribution >= 4 is 36.1 Å². The number of carbonyl (C=O) groups is 4. The van der Waals surface area contributed by atoms with E-state index < -0.39 is 35.7 Å². The summed E-state index contributed by atoms with van der Waals surface area (Å²) in [5.41, 5.74) is 0. The zero-order chi connectivity index (χ0) is 23.4. The second-order valence-electron chi connectivity index (χ2n) is 9.09. The monoisotopic (exact) mass is 443 g/mol. The van der Waals surface area contributed by atoms with Gasteiger partial charge in [-0.25, -0.2) is 0 Å². The summed E-state index contributed by atoms with van der Waals surface area (Å²) >= 11 is 4.01. The van der Waals surface area contributed by atoms with Gasteiger partial charge in [-0.2, -0.15) is 12.6 Å². The minimum absolute atomic E-state index is 0.0378. The van der Waals surface area contributed by atoms with Gasteiger partial charge in [0.2, 0.25) is 17.7 Å². The van der Waals surface area contributed by atoms with E-state index in [2.05, 4.69) is 28.6 Å². The van der Waals surface area contributed by atoms with Gasteiger partial charge in [0, 0.05) is 0 Å². The zero-order valence-corrected chi connectivity index (χ0v) is 20.5. The van der Waals surface area contributed by atoms with Crippen LogP contribution in [0.2, 0.25) is 0 Å². The first-order valence-electron chi connectivity index (χ1n) is 10.9. The number of rotatable bonds is 14. The largest absolute Gasteiger partial charge is 0.344 e. The van der Waals surface area contributed by atoms with Gasteiger partial charge in [-0.1, -0.05) is 48.5 Å². The molecule has 0 rings (SSSR count). The number of nitrogens with one attached hydrogen (secondary N) is 3. The minimum Gasteiger partial charge on any atom is -0.344 e. The van der Waals surface area contributed by atoms with Gasteiger partial charge in [0.25, 0.3) is 0 Å². The lowest BCUT2D eigenvalue weighted by Crippen LogP contribution is -2.54. The summed E-state index contributed by atoms with van der Waals surface area (Å²) < 4.78 is 0. The number of carbonyl (C=O) groups excluding carboxylic acids is 4. The lowest BCUT2D eigenvalue weighted by Gasteiger charge is -2.25. The first kappa shape index (κ1) is 28.6. The van der Waals surface area contributed by atoms with Crippen LogP contribution in [0.15, 0.2) is 0 Å². The third-order valence-electron chi connectivity index (χ3n) is 4.63. The fraction of sp³-hybridized carbons (Fsp3) is 0.818. The molecule has 0 aromatic heterocycles. The van der Waals surface area contributed by atoms with E-state index in [1.807, 2.05) is 48.5 Å². The molecule has 0 aliphatic heterocycles. The van der Waals surface area contributed by atoms with E-state index in [4.69, 9.17) is 0 Å². The number of hydrogen-bond donors (Lipinski definition) is 4. The van der Waals surface area contributed by atoms with Crippen LogP contribution in [0.25, 0.3) is 0 Å². The van der Waals surface area contributed by atoms with Crippen molar-refractivity contribution in [3.05, 3.63) is 0 Å². The molecule has 0 aliphatic rings. The number of Topliss-reactive ketones (excluding diaryl/α,β-unsaturated/α-hetero) is 1. The Labute approximate surface area is 187 Å². The second kappa shape index (κ2) is 14.6. The van der Waals surface area contributed by atoms with Gasteiger partial charge < -0.3 is 10.6 Å². The molecule has 7 nitrogen and oxygen atoms in total. The molecule has 8 heteroatoms. The van der Waals surface area contributed by atoms with Gasteiger partial charge in [-0.3, -0.25) is 24.5 Å². The maximum atomic E-state index is 12.8. The van der Waals surface area contributed by atoms with Gasteiger partial charge in [0.15, 0.2) is 5.78 Å². The summed E-state index contributed by atoms with van der Waals surface area (Å²) in [4.78, 5) is 50.5. The highest BCUT2D eigenvalue weighted by atomic mass is 32.1. The van der Waals surface area contributed by atoms with Crippen molar-refractivity contribution in [1.29, 1.82) is 0 Å². The lowest BCUT2D eigenvalue weighted by atomic mass is 9.92. The van der Waals surface area contributed by atoms with E-state index in [1.165, 1.54) is 0 Å². The molecule has 0 aromatic carbocycles. The first-order chi connectivity index (χ1) is 13.9. The molecule has 0 fully saturated rings. The van der Waals surface area contributed by atoms with E-state index in [1.54, 1.807) is 0 Å². The summed E-state index contributed by atoms with van der Waals surface area (Å²) in [6.07, 6.45) is 1.35. The van der Waals surface area contributed by atoms with Crippen molar-refractivity contribution in [1.82, 2.24) is 16.0 Å². The van der Waals surface area contributed by atoms with Gasteiger partial charge in [0.05, 0.1) is 17.7 Å². The Hall–Kier alpha value is -1.41. The topological polar surface area (TPSA) is 104 Å². The molecule has 0 aliphatic carbocycles. The molecule has 3 atom stereocenters. The van der Waals surface area contributed by atoms with E-state index in [9.17, 15) is 19.2 Å². The molecular formula is C22H41N3O4S. The van der Waals surface area contributed by atoms with Crippen LogP contribution >= 0.6 is 12.6 Å². The Kier molecular flexibility index (Phi) is 13.9. The maximum Gasteiger partial charge on any atom is 0.249 e. The number of thiol groups is 1. The molecule has 3 N–H and O–H groups in total. The molecule has 174 valence electrons. The first-order valence-corrected chi connectivity index (χ1v) is 11.6. The summed E-state index contributed by atoms with van der Waals surface area (Å²) in [5, 5.41) is 8.25. The van der Waals surface area contributed by atoms with E-state index in [-0.39, 0.29) is 29.3 Å². The van der Waals surface area contributed by atoms with Crippen LogP contribution in [0.1, 0.15) is 67.7 Å². The van der Waals surface area contributed by atoms with E-state index in [0.29, 0.717) is 25.8 Å². The van der Waals surface area contributed by atoms with Crippen LogP contribution in [0.4, 0.5) is 0 Å². The summed E-state index contributed by atoms with van der Waals surface area (Å²) in [6.45, 7) is 14.2. The molecule has 2 unspecified atom stereocenters. The molecule has 30 heavy (non-hydrogen) atoms. The maximum absolute atomic E-state index is 12.8. The Bertz CT molecular complexity index is 579. The molecule has 3 amide bonds. The third-order valence-corrected chi connectivity index (χ3v) is 4.94. The number of amides is 3. The molecule has 0 heterocycles. The van der Waals surface area contributed by atoms with Crippen LogP contribution in [-0.2, 0) is 19.2 Å². The van der Waals surface area contributed by atoms with Gasteiger partial charge >= 0.3 is 0 Å². The van der Waals surface area contributed by atoms with E-state index >= 15 is 0 Å². The lowest BCUT2D eigenvalue weighted by molar-refractivity contribution is -0.139. The molecule has 0 bridgehead atoms. The van der Waals surface area contributed by atoms with Crippen molar-refractivity contribution in [2.24, 2.45) is 23.7 Å². The predicted octanol–water partition coefficient (Wildman–Crippen LogP) is 2.35. The summed E-state index contributed by atoms with van der Waals surface area (Å²) in [7, 11) is 0. The smallest absolute Gasteiger partial charge is 0.249 e. The van der Waals surface area contributed by atoms with Crippen LogP contribution in [0, 0.1) is 23.7 Å². The Morgan fingerprint density at radius 3 is 1.63 bits per heavy atom. The Balaban J connectivity index is 5.36. The SMILES string of the molecule is CCNC(CC(C)C)C(=O)NC(=O)[C@H](CC(C)C)NC(=O)C(CC(C)C)C(=O)CS. The summed E-state index contributed by atoms with van der Waals surface area (Å²) in [5.74, 6) is -2.06. The highest BCUT2D eigenvalue weighted by molar-refractivity contribution is 7.81. The van der Waals surface area contributed by atoms with Crippen LogP contribution in [0.3, 0.4) is 0 Å². The minimum atomic E-state index is -0.884. The van der Waals surface area contributed by atoms with Crippen molar-refractivity contribution < 1.29 is 19.2 Å². The number of ketones is 1. The average molecular weight is 444 g/mol. The second-order valence-corrected chi connectivity index (χ2v) is 9.41. The Morgan fingerprint density at radius 1 is 0.733 bits per heavy atom. The number of hydrogen-bond acceptors (Lipinski definition) is 6. The third kappa shape index (κ3) is 11.1. The fourth-order valence-corrected chi connectivity index (χ4v) is 3.46. The number of imide groups is 1. The van der Waals surface area contributed by atoms with Crippen LogP contribution in [-0.4, -0.2) is 47.9 Å². The van der Waals surface area contributed by atoms with Crippen molar-refractivity contribution in [3.63, 3.8) is 0 Å². The molecule has 0 spiro atoms. The quantitative estimate of drug-likeness (QED) is 0.244. The highest BCUT2D eigenvalue weighted by Gasteiger charge is 2.32. The van der Waals surface area contributed by atoms with Crippen molar-refractivity contribution in [2.45, 2.75) is 79.8 Å².